The Balaban J connectivity index is 1.91. The normalized spacial score (nSPS) is 34.9. The molecule has 3 aliphatic rings. The summed E-state index contributed by atoms with van der Waals surface area (Å²) in [7, 11) is -4.62. The van der Waals surface area contributed by atoms with Crippen LogP contribution in [-0.4, -0.2) is 68.8 Å². The summed E-state index contributed by atoms with van der Waals surface area (Å²) >= 11 is 0. The lowest BCUT2D eigenvalue weighted by Crippen LogP contribution is -2.67. The van der Waals surface area contributed by atoms with E-state index < -0.39 is 57.6 Å². The first kappa shape index (κ1) is 34.1. The highest BCUT2D eigenvalue weighted by Gasteiger charge is 2.75. The zero-order valence-corrected chi connectivity index (χ0v) is 30.1. The molecule has 0 spiro atoms. The standard InChI is InChI=1S/C33H52O8Si2/c1-21-25(40-43(11,12)30(3,4)5)18-24-27(21)28-33(36,32(7,29(35)38-28)41-42(8,9)10)26(19-31(24,6)39-22(2)34)37-20-23-16-14-13-15-17-23/h13-17,24-26,28,36H,18-20H2,1-12H3/t24-,25?,26+,28-,31-,32+,33+/m0/s1. The fourth-order valence-electron chi connectivity index (χ4n) is 6.91. The van der Waals surface area contributed by atoms with E-state index in [0.29, 0.717) is 6.42 Å². The first-order valence-corrected chi connectivity index (χ1v) is 21.7. The first-order valence-electron chi connectivity index (χ1n) is 15.4. The lowest BCUT2D eigenvalue weighted by molar-refractivity contribution is -0.206. The minimum atomic E-state index is -2.41. The summed E-state index contributed by atoms with van der Waals surface area (Å²) in [4.78, 5) is 26.5. The predicted molar refractivity (Wildman–Crippen MR) is 170 cm³/mol. The van der Waals surface area contributed by atoms with Crippen molar-refractivity contribution < 1.29 is 37.8 Å². The Morgan fingerprint density at radius 1 is 1.09 bits per heavy atom. The number of carbonyl (C=O) groups excluding carboxylic acids is 2. The van der Waals surface area contributed by atoms with Crippen LogP contribution in [0.2, 0.25) is 37.8 Å². The zero-order chi connectivity index (χ0) is 32.4. The molecule has 1 heterocycles. The van der Waals surface area contributed by atoms with E-state index >= 15 is 0 Å². The van der Waals surface area contributed by atoms with Gasteiger partial charge in [-0.2, -0.15) is 0 Å². The van der Waals surface area contributed by atoms with Crippen molar-refractivity contribution >= 4 is 28.6 Å². The van der Waals surface area contributed by atoms with E-state index in [1.807, 2.05) is 63.8 Å². The molecule has 240 valence electrons. The molecule has 4 rings (SSSR count). The second kappa shape index (κ2) is 11.2. The van der Waals surface area contributed by atoms with Crippen LogP contribution < -0.4 is 0 Å². The predicted octanol–water partition coefficient (Wildman–Crippen LogP) is 6.29. The number of hydrogen-bond donors (Lipinski definition) is 1. The molecule has 43 heavy (non-hydrogen) atoms. The minimum Gasteiger partial charge on any atom is -0.459 e. The molecule has 0 amide bonds. The Morgan fingerprint density at radius 3 is 2.23 bits per heavy atom. The number of benzene rings is 1. The van der Waals surface area contributed by atoms with Crippen LogP contribution >= 0.6 is 0 Å². The maximum absolute atomic E-state index is 13.9. The molecule has 1 aromatic rings. The van der Waals surface area contributed by atoms with Crippen molar-refractivity contribution in [3.8, 4) is 0 Å². The number of ether oxygens (including phenoxy) is 3. The molecule has 1 aliphatic heterocycles. The highest BCUT2D eigenvalue weighted by Crippen LogP contribution is 2.58. The van der Waals surface area contributed by atoms with Crippen molar-refractivity contribution in [2.45, 2.75) is 141 Å². The quantitative estimate of drug-likeness (QED) is 0.203. The van der Waals surface area contributed by atoms with Gasteiger partial charge in [0.15, 0.2) is 33.9 Å². The maximum Gasteiger partial charge on any atom is 0.341 e. The van der Waals surface area contributed by atoms with E-state index in [2.05, 4.69) is 33.9 Å². The summed E-state index contributed by atoms with van der Waals surface area (Å²) in [6, 6.07) is 9.67. The summed E-state index contributed by atoms with van der Waals surface area (Å²) < 4.78 is 32.5. The van der Waals surface area contributed by atoms with Crippen LogP contribution in [0.5, 0.6) is 0 Å². The molecule has 1 unspecified atom stereocenters. The lowest BCUT2D eigenvalue weighted by atomic mass is 9.75. The Labute approximate surface area is 259 Å². The smallest absolute Gasteiger partial charge is 0.341 e. The molecule has 2 aliphatic carbocycles. The van der Waals surface area contributed by atoms with E-state index in [0.717, 1.165) is 16.7 Å². The summed E-state index contributed by atoms with van der Waals surface area (Å²) in [6.45, 7) is 24.1. The fraction of sp³-hybridized carbons (Fsp3) is 0.697. The number of esters is 2. The van der Waals surface area contributed by atoms with Gasteiger partial charge in [0, 0.05) is 19.3 Å². The van der Waals surface area contributed by atoms with E-state index in [-0.39, 0.29) is 30.1 Å². The molecular weight excluding hydrogens is 581 g/mol. The summed E-state index contributed by atoms with van der Waals surface area (Å²) in [5.74, 6) is -1.40. The van der Waals surface area contributed by atoms with Gasteiger partial charge in [0.1, 0.15) is 5.60 Å². The van der Waals surface area contributed by atoms with E-state index in [1.165, 1.54) is 6.92 Å². The van der Waals surface area contributed by atoms with Gasteiger partial charge < -0.3 is 28.2 Å². The molecule has 2 fully saturated rings. The van der Waals surface area contributed by atoms with Gasteiger partial charge in [-0.15, -0.1) is 0 Å². The molecule has 10 heteroatoms. The molecule has 8 nitrogen and oxygen atoms in total. The Morgan fingerprint density at radius 2 is 1.70 bits per heavy atom. The zero-order valence-electron chi connectivity index (χ0n) is 28.1. The summed E-state index contributed by atoms with van der Waals surface area (Å²) in [5, 5.41) is 13.1. The average molecular weight is 633 g/mol. The lowest BCUT2D eigenvalue weighted by Gasteiger charge is -2.45. The number of hydrogen-bond acceptors (Lipinski definition) is 8. The molecular formula is C33H52O8Si2. The van der Waals surface area contributed by atoms with Gasteiger partial charge in [-0.25, -0.2) is 4.79 Å². The van der Waals surface area contributed by atoms with Crippen molar-refractivity contribution in [1.29, 1.82) is 0 Å². The second-order valence-electron chi connectivity index (χ2n) is 15.5. The number of aliphatic hydroxyl groups is 1. The van der Waals surface area contributed by atoms with E-state index in [1.54, 1.807) is 6.92 Å². The third-order valence-electron chi connectivity index (χ3n) is 10.1. The van der Waals surface area contributed by atoms with Crippen molar-refractivity contribution in [2.24, 2.45) is 5.92 Å². The first-order chi connectivity index (χ1) is 19.6. The Bertz CT molecular complexity index is 1270. The molecule has 1 N–H and O–H groups in total. The van der Waals surface area contributed by atoms with Crippen LogP contribution in [0.4, 0.5) is 0 Å². The van der Waals surface area contributed by atoms with Gasteiger partial charge >= 0.3 is 11.9 Å². The number of rotatable bonds is 8. The summed E-state index contributed by atoms with van der Waals surface area (Å²) in [6.07, 6.45) is -1.61. The Hall–Kier alpha value is -1.83. The molecule has 1 aromatic carbocycles. The SMILES string of the molecule is CC(=O)O[C@@]1(C)C[C@@H](OCc2ccccc2)[C@@]2(O)[C@@H](OC(=O)[C@@]2(C)O[Si](C)(C)C)C2=C(C)C(O[Si](C)(C)C(C)(C)C)C[C@@H]21. The third kappa shape index (κ3) is 6.07. The molecule has 7 atom stereocenters. The monoisotopic (exact) mass is 632 g/mol. The largest absolute Gasteiger partial charge is 0.459 e. The highest BCUT2D eigenvalue weighted by molar-refractivity contribution is 6.74. The third-order valence-corrected chi connectivity index (χ3v) is 15.6. The van der Waals surface area contributed by atoms with Crippen molar-refractivity contribution in [3.63, 3.8) is 0 Å². The van der Waals surface area contributed by atoms with Gasteiger partial charge in [0.2, 0.25) is 0 Å². The fourth-order valence-corrected chi connectivity index (χ4v) is 9.72. The minimum absolute atomic E-state index is 0.0253. The second-order valence-corrected chi connectivity index (χ2v) is 24.7. The Kier molecular flexibility index (Phi) is 8.87. The highest BCUT2D eigenvalue weighted by atomic mass is 28.4. The van der Waals surface area contributed by atoms with Crippen LogP contribution in [0, 0.1) is 5.92 Å². The van der Waals surface area contributed by atoms with Gasteiger partial charge in [-0.3, -0.25) is 4.79 Å². The molecule has 0 bridgehead atoms. The topological polar surface area (TPSA) is 101 Å². The van der Waals surface area contributed by atoms with E-state index in [4.69, 9.17) is 23.1 Å². The number of carbonyl (C=O) groups is 2. The van der Waals surface area contributed by atoms with Crippen LogP contribution in [-0.2, 0) is 39.3 Å². The molecule has 0 aromatic heterocycles. The van der Waals surface area contributed by atoms with Crippen LogP contribution in [0.15, 0.2) is 41.5 Å². The van der Waals surface area contributed by atoms with Crippen molar-refractivity contribution in [1.82, 2.24) is 0 Å². The molecule has 1 saturated carbocycles. The van der Waals surface area contributed by atoms with Crippen molar-refractivity contribution in [3.05, 3.63) is 47.0 Å². The molecule has 0 radical (unpaired) electrons. The number of fused-ring (bicyclic) bond motifs is 3. The van der Waals surface area contributed by atoms with Gasteiger partial charge in [-0.1, -0.05) is 51.1 Å². The average Bonchev–Trinajstić information content (AvgIpc) is 3.24. The summed E-state index contributed by atoms with van der Waals surface area (Å²) in [5.41, 5.74) is -2.11. The van der Waals surface area contributed by atoms with Gasteiger partial charge in [-0.05, 0) is 81.7 Å². The van der Waals surface area contributed by atoms with Crippen molar-refractivity contribution in [2.75, 3.05) is 0 Å². The van der Waals surface area contributed by atoms with Crippen LogP contribution in [0.1, 0.15) is 66.9 Å². The van der Waals surface area contributed by atoms with Crippen LogP contribution in [0.25, 0.3) is 0 Å². The molecule has 1 saturated heterocycles. The van der Waals surface area contributed by atoms with Gasteiger partial charge in [0.05, 0.1) is 18.8 Å². The maximum atomic E-state index is 13.9. The van der Waals surface area contributed by atoms with Gasteiger partial charge in [0.25, 0.3) is 0 Å². The van der Waals surface area contributed by atoms with Crippen LogP contribution in [0.3, 0.4) is 0 Å². The van der Waals surface area contributed by atoms with E-state index in [9.17, 15) is 14.7 Å².